The number of esters is 2. The smallest absolute Gasteiger partial charge is 0.355 e. The minimum absolute atomic E-state index is 0.110. The van der Waals surface area contributed by atoms with E-state index in [-0.39, 0.29) is 24.7 Å². The lowest BCUT2D eigenvalue weighted by molar-refractivity contribution is -0.142. The predicted molar refractivity (Wildman–Crippen MR) is 106 cm³/mol. The highest BCUT2D eigenvalue weighted by Gasteiger charge is 2.26. The zero-order chi connectivity index (χ0) is 20.8. The van der Waals surface area contributed by atoms with Crippen molar-refractivity contribution in [3.63, 3.8) is 0 Å². The molecule has 0 aliphatic heterocycles. The number of hydrogen-bond acceptors (Lipinski definition) is 5. The molecule has 0 unspecified atom stereocenters. The van der Waals surface area contributed by atoms with Gasteiger partial charge in [-0.05, 0) is 18.1 Å². The molecule has 0 saturated carbocycles. The zero-order valence-corrected chi connectivity index (χ0v) is 16.2. The minimum atomic E-state index is -0.581. The molecule has 2 aromatic carbocycles. The molecule has 0 aliphatic carbocycles. The number of ether oxygens (including phenoxy) is 2. The van der Waals surface area contributed by atoms with E-state index in [0.29, 0.717) is 22.4 Å². The van der Waals surface area contributed by atoms with Crippen LogP contribution >= 0.6 is 0 Å². The maximum Gasteiger partial charge on any atom is 0.355 e. The largest absolute Gasteiger partial charge is 0.459 e. The molecule has 0 amide bonds. The van der Waals surface area contributed by atoms with Gasteiger partial charge in [0.15, 0.2) is 5.78 Å². The van der Waals surface area contributed by atoms with E-state index in [0.717, 1.165) is 5.56 Å². The molecule has 29 heavy (non-hydrogen) atoms. The van der Waals surface area contributed by atoms with E-state index in [4.69, 9.17) is 9.47 Å². The zero-order valence-electron chi connectivity index (χ0n) is 16.2. The number of H-pyrrole nitrogens is 1. The molecule has 0 atom stereocenters. The molecule has 0 aliphatic rings. The van der Waals surface area contributed by atoms with Gasteiger partial charge in [0.2, 0.25) is 0 Å². The standard InChI is InChI=1S/C23H21NO5/c1-15-20(22(26)18-11-7-4-8-12-18)19(14-28-16(2)25)24-21(15)23(27)29-13-17-9-5-3-6-10-17/h3-12,24H,13-14H2,1-2H3. The molecule has 0 bridgehead atoms. The first-order chi connectivity index (χ1) is 14.0. The van der Waals surface area contributed by atoms with Gasteiger partial charge >= 0.3 is 11.9 Å². The Balaban J connectivity index is 1.90. The lowest BCUT2D eigenvalue weighted by Crippen LogP contribution is -2.08. The van der Waals surface area contributed by atoms with E-state index < -0.39 is 11.9 Å². The molecule has 148 valence electrons. The summed E-state index contributed by atoms with van der Waals surface area (Å²) in [4.78, 5) is 39.8. The molecule has 6 nitrogen and oxygen atoms in total. The number of aromatic nitrogens is 1. The summed E-state index contributed by atoms with van der Waals surface area (Å²) in [5.74, 6) is -1.32. The second-order valence-corrected chi connectivity index (χ2v) is 6.52. The molecule has 3 aromatic rings. The number of nitrogens with one attached hydrogen (secondary N) is 1. The van der Waals surface area contributed by atoms with Gasteiger partial charge in [0.25, 0.3) is 0 Å². The van der Waals surface area contributed by atoms with Crippen molar-refractivity contribution in [2.24, 2.45) is 0 Å². The van der Waals surface area contributed by atoms with Crippen LogP contribution in [0, 0.1) is 6.92 Å². The van der Waals surface area contributed by atoms with E-state index in [2.05, 4.69) is 4.98 Å². The molecule has 1 aromatic heterocycles. The Morgan fingerprint density at radius 2 is 1.48 bits per heavy atom. The molecule has 0 radical (unpaired) electrons. The minimum Gasteiger partial charge on any atom is -0.459 e. The number of carbonyl (C=O) groups is 3. The summed E-state index contributed by atoms with van der Waals surface area (Å²) in [5, 5.41) is 0. The molecule has 0 spiro atoms. The number of hydrogen-bond donors (Lipinski definition) is 1. The Morgan fingerprint density at radius 3 is 2.10 bits per heavy atom. The highest BCUT2D eigenvalue weighted by molar-refractivity contribution is 6.12. The van der Waals surface area contributed by atoms with Gasteiger partial charge in [-0.15, -0.1) is 0 Å². The number of aromatic amines is 1. The summed E-state index contributed by atoms with van der Waals surface area (Å²) in [5.41, 5.74) is 2.62. The van der Waals surface area contributed by atoms with Crippen LogP contribution in [-0.2, 0) is 27.5 Å². The summed E-state index contributed by atoms with van der Waals surface area (Å²) in [6, 6.07) is 18.0. The van der Waals surface area contributed by atoms with Crippen molar-refractivity contribution in [2.75, 3.05) is 0 Å². The van der Waals surface area contributed by atoms with Crippen LogP contribution in [0.4, 0.5) is 0 Å². The Labute approximate surface area is 168 Å². The van der Waals surface area contributed by atoms with Crippen LogP contribution in [0.5, 0.6) is 0 Å². The number of ketones is 1. The first-order valence-corrected chi connectivity index (χ1v) is 9.13. The third-order valence-corrected chi connectivity index (χ3v) is 4.43. The van der Waals surface area contributed by atoms with Gasteiger partial charge in [0.05, 0.1) is 11.3 Å². The monoisotopic (exact) mass is 391 g/mol. The fraction of sp³-hybridized carbons (Fsp3) is 0.174. The second-order valence-electron chi connectivity index (χ2n) is 6.52. The Morgan fingerprint density at radius 1 is 0.862 bits per heavy atom. The molecule has 6 heteroatoms. The van der Waals surface area contributed by atoms with Gasteiger partial charge in [0.1, 0.15) is 18.9 Å². The molecule has 1 heterocycles. The summed E-state index contributed by atoms with van der Waals surface area (Å²) in [6.45, 7) is 2.92. The molecule has 0 fully saturated rings. The predicted octanol–water partition coefficient (Wildman–Crippen LogP) is 3.97. The van der Waals surface area contributed by atoms with Gasteiger partial charge in [-0.1, -0.05) is 60.7 Å². The maximum absolute atomic E-state index is 13.0. The summed E-state index contributed by atoms with van der Waals surface area (Å²) in [6.07, 6.45) is 0. The molecule has 1 N–H and O–H groups in total. The normalized spacial score (nSPS) is 10.4. The fourth-order valence-electron chi connectivity index (χ4n) is 2.98. The topological polar surface area (TPSA) is 85.5 Å². The molecular weight excluding hydrogens is 370 g/mol. The summed E-state index contributed by atoms with van der Waals surface area (Å²) >= 11 is 0. The van der Waals surface area contributed by atoms with Crippen LogP contribution in [0.3, 0.4) is 0 Å². The van der Waals surface area contributed by atoms with Crippen LogP contribution in [0.2, 0.25) is 0 Å². The van der Waals surface area contributed by atoms with E-state index in [9.17, 15) is 14.4 Å². The summed E-state index contributed by atoms with van der Waals surface area (Å²) < 4.78 is 10.4. The van der Waals surface area contributed by atoms with Crippen molar-refractivity contribution in [3.05, 3.63) is 94.3 Å². The van der Waals surface area contributed by atoms with Crippen molar-refractivity contribution in [1.82, 2.24) is 4.98 Å². The van der Waals surface area contributed by atoms with Crippen molar-refractivity contribution in [1.29, 1.82) is 0 Å². The average molecular weight is 391 g/mol. The van der Waals surface area contributed by atoms with E-state index in [1.54, 1.807) is 31.2 Å². The highest BCUT2D eigenvalue weighted by atomic mass is 16.5. The van der Waals surface area contributed by atoms with Crippen LogP contribution in [0.25, 0.3) is 0 Å². The van der Waals surface area contributed by atoms with Crippen LogP contribution in [0.15, 0.2) is 60.7 Å². The fourth-order valence-corrected chi connectivity index (χ4v) is 2.98. The van der Waals surface area contributed by atoms with Gasteiger partial charge in [-0.2, -0.15) is 0 Å². The number of rotatable bonds is 7. The lowest BCUT2D eigenvalue weighted by Gasteiger charge is -2.06. The summed E-state index contributed by atoms with van der Waals surface area (Å²) in [7, 11) is 0. The third kappa shape index (κ3) is 4.79. The number of benzene rings is 2. The van der Waals surface area contributed by atoms with Gasteiger partial charge in [0, 0.05) is 12.5 Å². The first-order valence-electron chi connectivity index (χ1n) is 9.13. The van der Waals surface area contributed by atoms with E-state index in [1.807, 2.05) is 36.4 Å². The molecular formula is C23H21NO5. The molecule has 3 rings (SSSR count). The number of carbonyl (C=O) groups excluding carboxylic acids is 3. The van der Waals surface area contributed by atoms with Crippen LogP contribution in [0.1, 0.15) is 50.2 Å². The third-order valence-electron chi connectivity index (χ3n) is 4.43. The van der Waals surface area contributed by atoms with Gasteiger partial charge in [-0.25, -0.2) is 4.79 Å². The second kappa shape index (κ2) is 9.01. The van der Waals surface area contributed by atoms with Gasteiger partial charge < -0.3 is 14.5 Å². The highest BCUT2D eigenvalue weighted by Crippen LogP contribution is 2.24. The van der Waals surface area contributed by atoms with E-state index >= 15 is 0 Å². The Hall–Kier alpha value is -3.67. The lowest BCUT2D eigenvalue weighted by atomic mass is 9.99. The van der Waals surface area contributed by atoms with Crippen molar-refractivity contribution in [3.8, 4) is 0 Å². The van der Waals surface area contributed by atoms with Crippen molar-refractivity contribution < 1.29 is 23.9 Å². The Bertz CT molecular complexity index is 1020. The average Bonchev–Trinajstić information content (AvgIpc) is 3.07. The van der Waals surface area contributed by atoms with Crippen molar-refractivity contribution >= 4 is 17.7 Å². The molecule has 0 saturated heterocycles. The first kappa shape index (κ1) is 20.1. The van der Waals surface area contributed by atoms with Crippen LogP contribution in [-0.4, -0.2) is 22.7 Å². The Kier molecular flexibility index (Phi) is 6.24. The van der Waals surface area contributed by atoms with E-state index in [1.165, 1.54) is 6.92 Å². The van der Waals surface area contributed by atoms with Crippen LogP contribution < -0.4 is 0 Å². The quantitative estimate of drug-likeness (QED) is 0.486. The van der Waals surface area contributed by atoms with Crippen molar-refractivity contribution in [2.45, 2.75) is 27.1 Å². The SMILES string of the molecule is CC(=O)OCc1[nH]c(C(=O)OCc2ccccc2)c(C)c1C(=O)c1ccccc1. The van der Waals surface area contributed by atoms with Gasteiger partial charge in [-0.3, -0.25) is 9.59 Å². The maximum atomic E-state index is 13.0.